The molecule has 0 saturated carbocycles. The number of alkyl halides is 8. The summed E-state index contributed by atoms with van der Waals surface area (Å²) in [4.78, 5) is 55.6. The predicted molar refractivity (Wildman–Crippen MR) is 420 cm³/mol. The lowest BCUT2D eigenvalue weighted by Crippen LogP contribution is -2.40. The molecule has 0 atom stereocenters. The summed E-state index contributed by atoms with van der Waals surface area (Å²) >= 11 is 0. The maximum atomic E-state index is 15.2. The predicted octanol–water partition coefficient (Wildman–Crippen LogP) is 16.5. The van der Waals surface area contributed by atoms with Crippen molar-refractivity contribution in [1.29, 1.82) is 0 Å². The maximum Gasteiger partial charge on any atom is 0.314 e. The number of aryl methyl sites for hydroxylation is 4. The zero-order valence-electron chi connectivity index (χ0n) is 65.5. The Bertz CT molecular complexity index is 4990. The van der Waals surface area contributed by atoms with Gasteiger partial charge in [-0.15, -0.1) is 0 Å². The van der Waals surface area contributed by atoms with Crippen LogP contribution in [0.2, 0.25) is 0 Å². The van der Waals surface area contributed by atoms with Crippen LogP contribution in [0, 0.1) is 55.7 Å². The molecule has 7 aromatic carbocycles. The van der Waals surface area contributed by atoms with Crippen molar-refractivity contribution < 1.29 is 106 Å². The van der Waals surface area contributed by atoms with Crippen molar-refractivity contribution in [3.63, 3.8) is 0 Å². The van der Waals surface area contributed by atoms with Gasteiger partial charge in [-0.3, -0.25) is 23.9 Å². The number of nitrogens with zero attached hydrogens (tertiary/aromatic N) is 6. The van der Waals surface area contributed by atoms with Gasteiger partial charge in [0.25, 0.3) is 23.6 Å². The highest BCUT2D eigenvalue weighted by Gasteiger charge is 2.46. The minimum Gasteiger partial charge on any atom is -0.496 e. The summed E-state index contributed by atoms with van der Waals surface area (Å²) in [5.41, 5.74) is -4.10. The smallest absolute Gasteiger partial charge is 0.314 e. The van der Waals surface area contributed by atoms with Crippen molar-refractivity contribution in [2.24, 2.45) is 7.05 Å². The second-order valence-corrected chi connectivity index (χ2v) is 29.0. The third-order valence-corrected chi connectivity index (χ3v) is 20.6. The average molecular weight is 1670 g/mol. The molecule has 119 heavy (non-hydrogen) atoms. The van der Waals surface area contributed by atoms with E-state index in [1.165, 1.54) is 112 Å². The number of anilines is 4. The van der Waals surface area contributed by atoms with Crippen LogP contribution >= 0.6 is 0 Å². The quantitative estimate of drug-likeness (QED) is 0.0313. The lowest BCUT2D eigenvalue weighted by atomic mass is 9.99. The van der Waals surface area contributed by atoms with Crippen LogP contribution in [0.5, 0.6) is 5.75 Å². The molecule has 1 aromatic heterocycles. The van der Waals surface area contributed by atoms with Crippen molar-refractivity contribution in [2.45, 2.75) is 120 Å². The number of hydrogen-bond donors (Lipinski definition) is 8. The molecule has 5 heterocycles. The van der Waals surface area contributed by atoms with E-state index < -0.39 is 157 Å². The van der Waals surface area contributed by atoms with Gasteiger partial charge in [-0.05, 0) is 210 Å². The zero-order chi connectivity index (χ0) is 87.3. The first-order valence-electron chi connectivity index (χ1n) is 37.6. The summed E-state index contributed by atoms with van der Waals surface area (Å²) in [6.07, 6.45) is 3.63. The number of piperidine rings is 4. The summed E-state index contributed by atoms with van der Waals surface area (Å²) in [7, 11) is 3.00. The van der Waals surface area contributed by atoms with Gasteiger partial charge in [0, 0.05) is 99.4 Å². The fraction of sp³-hybridized carbons (Fsp3) is 0.337. The van der Waals surface area contributed by atoms with E-state index in [1.807, 2.05) is 0 Å². The molecule has 4 fully saturated rings. The number of hydrogen-bond acceptors (Lipinski definition) is 14. The lowest BCUT2D eigenvalue weighted by molar-refractivity contribution is -0.00907. The molecular weight excluding hydrogens is 1580 g/mol. The number of benzene rings is 7. The zero-order valence-corrected chi connectivity index (χ0v) is 65.5. The van der Waals surface area contributed by atoms with E-state index in [0.717, 1.165) is 66.7 Å². The molecule has 12 rings (SSSR count). The molecule has 0 radical (unpaired) electrons. The highest BCUT2D eigenvalue weighted by atomic mass is 19.3. The van der Waals surface area contributed by atoms with Crippen LogP contribution in [0.3, 0.4) is 0 Å². The van der Waals surface area contributed by atoms with Crippen LogP contribution in [0.25, 0.3) is 0 Å². The number of nitrogens with one attached hydrogen (secondary N) is 4. The Labute approximate surface area is 677 Å². The lowest BCUT2D eigenvalue weighted by Gasteiger charge is -2.36. The van der Waals surface area contributed by atoms with Crippen molar-refractivity contribution in [2.75, 3.05) is 80.7 Å². The second-order valence-electron chi connectivity index (χ2n) is 29.0. The molecule has 19 nitrogen and oxygen atoms in total. The number of allylic oxidation sites excluding steroid dienone is 4. The molecule has 8 aromatic rings. The minimum atomic E-state index is -3.74. The van der Waals surface area contributed by atoms with Crippen molar-refractivity contribution in [3.8, 4) is 5.75 Å². The van der Waals surface area contributed by atoms with E-state index >= 15 is 26.3 Å². The van der Waals surface area contributed by atoms with Gasteiger partial charge in [0.2, 0.25) is 0 Å². The Balaban J connectivity index is 0.000000181. The van der Waals surface area contributed by atoms with Crippen LogP contribution in [-0.4, -0.2) is 157 Å². The third-order valence-electron chi connectivity index (χ3n) is 20.6. The summed E-state index contributed by atoms with van der Waals surface area (Å²) in [5.74, 6) is -22.2. The Kier molecular flexibility index (Phi) is 29.9. The second kappa shape index (κ2) is 38.9. The fourth-order valence-electron chi connectivity index (χ4n) is 13.3. The molecule has 4 amide bonds. The van der Waals surface area contributed by atoms with Crippen LogP contribution in [0.4, 0.5) is 84.2 Å². The van der Waals surface area contributed by atoms with Crippen molar-refractivity contribution in [3.05, 3.63) is 285 Å². The molecule has 4 aliphatic rings. The first-order valence-corrected chi connectivity index (χ1v) is 37.6. The molecule has 0 aliphatic carbocycles. The average Bonchev–Trinajstić information content (AvgIpc) is 0.902. The first-order chi connectivity index (χ1) is 56.0. The number of halogens is 14. The highest BCUT2D eigenvalue weighted by Crippen LogP contribution is 2.44. The van der Waals surface area contributed by atoms with E-state index in [9.17, 15) is 74.7 Å². The van der Waals surface area contributed by atoms with Crippen molar-refractivity contribution in [1.82, 2.24) is 29.4 Å². The number of aliphatic hydroxyl groups excluding tert-OH is 4. The van der Waals surface area contributed by atoms with E-state index in [-0.39, 0.29) is 97.4 Å². The molecule has 0 spiro atoms. The Morgan fingerprint density at radius 3 is 1.13 bits per heavy atom. The highest BCUT2D eigenvalue weighted by molar-refractivity contribution is 6.07. The number of amides is 4. The SMILES string of the molecule is C=C(N1CCC(O)CC1)C(F)(F)c1cc(C(=O)Nc2cnn(C)c2)ccc1F.C=C(N1CCC(O)CC1)C(F)(F)c1ccc(F)c(C(=O)Nc2ccc(F)c(C)c2)c1.C=C(N1CCC(O)CC1)C(F)(F)c1ccc(OC)c(C(=O)Nc2ccc(F)c(C)c2)c1.C=C(N1CCC(O)CC1)C(F)(F)c1cccc(C(=O)Nc2ccc(F)c(C)c2)c1F. The summed E-state index contributed by atoms with van der Waals surface area (Å²) < 4.78 is 211. The Morgan fingerprint density at radius 1 is 0.403 bits per heavy atom. The third kappa shape index (κ3) is 22.4. The van der Waals surface area contributed by atoms with Gasteiger partial charge in [-0.25, -0.2) is 26.3 Å². The standard InChI is InChI=1S/C23H25F3N2O3.2C22H22F4N2O2.C19H21F3N4O2/c1-14-12-17(5-6-20(14)24)27-22(30)19-13-16(4-7-21(19)31-3)23(25,26)15(2)28-10-8-18(29)9-11-28;1-13-11-16(4-6-19(13)23)27-21(30)18-12-15(3-5-20(18)24)22(25,26)14(2)28-9-7-17(29)8-10-28;1-13-12-15(6-7-19(13)23)27-21(30)17-4-3-5-18(20(17)24)22(25,26)14(2)28-10-8-16(29)9-11-28;1-12(26-7-5-15(27)6-8-26)19(21,22)16-9-13(3-4-17(16)20)18(28)24-14-10-23-25(2)11-14/h4-7,12-13,18,29H,2,8-11H2,1,3H3,(H,27,30);3-6,11-12,17,29H,2,7-10H2,1H3,(H,27,30);3-7,12,16,29H,2,8-11H2,1H3,(H,27,30);3-4,9-11,15,27H,1,5-8H2,2H3,(H,24,28). The number of aromatic nitrogens is 2. The van der Waals surface area contributed by atoms with Crippen LogP contribution in [0.1, 0.15) is 132 Å². The molecule has 0 unspecified atom stereocenters. The van der Waals surface area contributed by atoms with E-state index in [1.54, 1.807) is 20.2 Å². The number of ether oxygens (including phenoxy) is 1. The van der Waals surface area contributed by atoms with E-state index in [4.69, 9.17) is 4.74 Å². The van der Waals surface area contributed by atoms with Gasteiger partial charge >= 0.3 is 23.7 Å². The summed E-state index contributed by atoms with van der Waals surface area (Å²) in [6.45, 7) is 20.3. The van der Waals surface area contributed by atoms with Gasteiger partial charge in [0.15, 0.2) is 0 Å². The topological polar surface area (TPSA) is 237 Å². The number of carbonyl (C=O) groups is 4. The van der Waals surface area contributed by atoms with E-state index in [2.05, 4.69) is 52.7 Å². The van der Waals surface area contributed by atoms with Gasteiger partial charge in [0.05, 0.1) is 94.0 Å². The normalized spacial score (nSPS) is 15.2. The molecule has 33 heteroatoms. The van der Waals surface area contributed by atoms with Gasteiger partial charge in [-0.1, -0.05) is 32.4 Å². The molecule has 636 valence electrons. The van der Waals surface area contributed by atoms with Crippen LogP contribution in [0.15, 0.2) is 189 Å². The monoisotopic (exact) mass is 1670 g/mol. The first kappa shape index (κ1) is 91.4. The Morgan fingerprint density at radius 2 is 0.748 bits per heavy atom. The van der Waals surface area contributed by atoms with Gasteiger partial charge < -0.3 is 66.0 Å². The minimum absolute atomic E-state index is 0.0801. The molecule has 4 saturated heterocycles. The largest absolute Gasteiger partial charge is 0.496 e. The van der Waals surface area contributed by atoms with E-state index in [0.29, 0.717) is 68.3 Å². The molecule has 0 bridgehead atoms. The molecule has 8 N–H and O–H groups in total. The molecule has 4 aliphatic heterocycles. The Hall–Kier alpha value is -11.6. The fourth-order valence-corrected chi connectivity index (χ4v) is 13.3. The van der Waals surface area contributed by atoms with Crippen molar-refractivity contribution >= 4 is 46.4 Å². The number of aliphatic hydroxyl groups is 4. The number of carbonyl (C=O) groups excluding carboxylic acids is 4. The number of likely N-dealkylation sites (tertiary alicyclic amines) is 4. The van der Waals surface area contributed by atoms with Gasteiger partial charge in [0.1, 0.15) is 40.7 Å². The maximum absolute atomic E-state index is 15.2. The van der Waals surface area contributed by atoms with Crippen LogP contribution < -0.4 is 26.0 Å². The number of methoxy groups -OCH3 is 1. The van der Waals surface area contributed by atoms with Gasteiger partial charge in [-0.2, -0.15) is 40.2 Å². The summed E-state index contributed by atoms with van der Waals surface area (Å²) in [5, 5.41) is 52.1. The number of rotatable bonds is 21. The van der Waals surface area contributed by atoms with Crippen LogP contribution in [-0.2, 0) is 30.7 Å². The molecular formula is C86H90F14N10O9. The summed E-state index contributed by atoms with van der Waals surface area (Å²) in [6, 6.07) is 23.7.